The molecule has 0 bridgehead atoms. The van der Waals surface area contributed by atoms with Gasteiger partial charge in [-0.05, 0) is 44.9 Å². The number of hydrogen-bond acceptors (Lipinski definition) is 11. The summed E-state index contributed by atoms with van der Waals surface area (Å²) in [6.07, 6.45) is 17.7. The summed E-state index contributed by atoms with van der Waals surface area (Å²) in [4.78, 5) is 52.5. The number of ether oxygens (including phenoxy) is 6. The molecular weight excluding hydrogens is 688 g/mol. The van der Waals surface area contributed by atoms with E-state index in [4.69, 9.17) is 47.7 Å². The van der Waals surface area contributed by atoms with Crippen LogP contribution in [0.2, 0.25) is 0 Å². The third-order valence-corrected chi connectivity index (χ3v) is 8.33. The quantitative estimate of drug-likeness (QED) is 0.0463. The first-order valence-electron chi connectivity index (χ1n) is 18.3. The molecule has 0 unspecified atom stereocenters. The van der Waals surface area contributed by atoms with Crippen molar-refractivity contribution in [3.05, 3.63) is 0 Å². The van der Waals surface area contributed by atoms with Gasteiger partial charge in [-0.2, -0.15) is 0 Å². The molecule has 0 atom stereocenters. The third kappa shape index (κ3) is 25.8. The highest BCUT2D eigenvalue weighted by atomic mass is 16.5. The van der Waals surface area contributed by atoms with Gasteiger partial charge in [0.25, 0.3) is 0 Å². The van der Waals surface area contributed by atoms with Crippen molar-refractivity contribution in [3.8, 4) is 37.0 Å². The Kier molecular flexibility index (Phi) is 28.4. The molecule has 1 fully saturated rings. The lowest BCUT2D eigenvalue weighted by Gasteiger charge is -2.37. The van der Waals surface area contributed by atoms with Gasteiger partial charge < -0.3 is 54.8 Å². The average Bonchev–Trinajstić information content (AvgIpc) is 3.15. The number of rotatable bonds is 32. The molecule has 298 valence electrons. The van der Waals surface area contributed by atoms with Crippen LogP contribution in [-0.4, -0.2) is 139 Å². The van der Waals surface area contributed by atoms with Gasteiger partial charge in [0, 0.05) is 50.4 Å². The average molecular weight is 749 g/mol. The van der Waals surface area contributed by atoms with Gasteiger partial charge in [-0.3, -0.25) is 19.2 Å². The fourth-order valence-corrected chi connectivity index (χ4v) is 5.43. The van der Waals surface area contributed by atoms with Crippen molar-refractivity contribution in [2.24, 2.45) is 5.92 Å². The van der Waals surface area contributed by atoms with Crippen molar-refractivity contribution in [1.29, 1.82) is 0 Å². The summed E-state index contributed by atoms with van der Waals surface area (Å²) < 4.78 is 31.8. The smallest absolute Gasteiger partial charge is 0.223 e. The molecule has 4 amide bonds. The van der Waals surface area contributed by atoms with Gasteiger partial charge >= 0.3 is 0 Å². The van der Waals surface area contributed by atoms with E-state index in [1.165, 1.54) is 0 Å². The van der Waals surface area contributed by atoms with E-state index in [9.17, 15) is 24.3 Å². The Morgan fingerprint density at radius 3 is 1.23 bits per heavy atom. The monoisotopic (exact) mass is 748 g/mol. The number of carbonyl (C=O) groups excluding carboxylic acids is 4. The van der Waals surface area contributed by atoms with E-state index in [2.05, 4.69) is 39.0 Å². The van der Waals surface area contributed by atoms with Crippen molar-refractivity contribution in [2.45, 2.75) is 75.9 Å². The molecule has 1 aliphatic rings. The van der Waals surface area contributed by atoms with E-state index in [-0.39, 0.29) is 127 Å². The molecule has 1 saturated carbocycles. The SMILES string of the molecule is C#CCOCCOCCNC(=O)CCC(CCC(=O)NCCOCCOCC#C)(CCC(=O)NCCOCCOCC#C)NC(=O)[C@H]1CC[C@H](O)CC1. The number of amides is 4. The predicted octanol–water partition coefficient (Wildman–Crippen LogP) is 0.0809. The van der Waals surface area contributed by atoms with Gasteiger partial charge in [0.05, 0.1) is 65.6 Å². The van der Waals surface area contributed by atoms with Crippen LogP contribution in [0.25, 0.3) is 0 Å². The molecule has 1 aliphatic carbocycles. The lowest BCUT2D eigenvalue weighted by atomic mass is 9.81. The molecule has 0 spiro atoms. The van der Waals surface area contributed by atoms with Gasteiger partial charge in [-0.15, -0.1) is 19.3 Å². The zero-order valence-corrected chi connectivity index (χ0v) is 31.1. The first-order chi connectivity index (χ1) is 25.7. The minimum Gasteiger partial charge on any atom is -0.393 e. The number of nitrogens with one attached hydrogen (secondary N) is 4. The summed E-state index contributed by atoms with van der Waals surface area (Å²) in [5, 5.41) is 21.6. The first-order valence-corrected chi connectivity index (χ1v) is 18.3. The molecule has 0 saturated heterocycles. The van der Waals surface area contributed by atoms with E-state index in [0.717, 1.165) is 0 Å². The standard InChI is InChI=1S/C38H60N4O11/c1-4-20-48-26-29-51-23-17-39-34(44)11-14-38(42-37(47)32-7-9-33(43)10-8-32,15-12-35(45)40-18-24-52-30-27-49-21-5-2)16-13-36(46)41-19-25-53-31-28-50-22-6-3/h1-3,32-33,43H,7-31H2,(H,39,44)(H,40,45)(H,41,46)(H,42,47)/t32-,33-. The summed E-state index contributed by atoms with van der Waals surface area (Å²) in [5.41, 5.74) is -1.06. The molecule has 0 aromatic heterocycles. The fourth-order valence-electron chi connectivity index (χ4n) is 5.43. The van der Waals surface area contributed by atoms with Gasteiger partial charge in [-0.1, -0.05) is 17.8 Å². The molecular formula is C38H60N4O11. The van der Waals surface area contributed by atoms with E-state index in [1.807, 2.05) is 0 Å². The van der Waals surface area contributed by atoms with Crippen LogP contribution >= 0.6 is 0 Å². The number of hydrogen-bond donors (Lipinski definition) is 5. The highest BCUT2D eigenvalue weighted by Gasteiger charge is 2.36. The minimum absolute atomic E-state index is 0.0311. The van der Waals surface area contributed by atoms with Gasteiger partial charge in [0.2, 0.25) is 23.6 Å². The number of aliphatic hydroxyl groups excluding tert-OH is 1. The van der Waals surface area contributed by atoms with Crippen molar-refractivity contribution in [3.63, 3.8) is 0 Å². The topological polar surface area (TPSA) is 192 Å². The highest BCUT2D eigenvalue weighted by molar-refractivity contribution is 5.81. The second-order valence-electron chi connectivity index (χ2n) is 12.4. The van der Waals surface area contributed by atoms with Crippen LogP contribution in [0.1, 0.15) is 64.2 Å². The molecule has 0 radical (unpaired) electrons. The summed E-state index contributed by atoms with van der Waals surface area (Å²) in [7, 11) is 0. The number of terminal acetylenes is 3. The Morgan fingerprint density at radius 2 is 0.887 bits per heavy atom. The van der Waals surface area contributed by atoms with E-state index in [1.54, 1.807) is 0 Å². The molecule has 15 heteroatoms. The van der Waals surface area contributed by atoms with Crippen LogP contribution in [0, 0.1) is 42.9 Å². The van der Waals surface area contributed by atoms with Crippen LogP contribution < -0.4 is 21.3 Å². The third-order valence-electron chi connectivity index (χ3n) is 8.33. The number of aliphatic hydroxyl groups is 1. The summed E-state index contributed by atoms with van der Waals surface area (Å²) in [6.45, 7) is 4.18. The Balaban J connectivity index is 2.90. The molecule has 15 nitrogen and oxygen atoms in total. The van der Waals surface area contributed by atoms with Crippen molar-refractivity contribution in [2.75, 3.05) is 98.9 Å². The van der Waals surface area contributed by atoms with Crippen molar-refractivity contribution >= 4 is 23.6 Å². The summed E-state index contributed by atoms with van der Waals surface area (Å²) in [6, 6.07) is 0. The van der Waals surface area contributed by atoms with E-state index >= 15 is 0 Å². The lowest BCUT2D eigenvalue weighted by Crippen LogP contribution is -2.52. The van der Waals surface area contributed by atoms with Gasteiger partial charge in [-0.25, -0.2) is 0 Å². The van der Waals surface area contributed by atoms with Crippen LogP contribution in [-0.2, 0) is 47.6 Å². The molecule has 1 rings (SSSR count). The summed E-state index contributed by atoms with van der Waals surface area (Å²) >= 11 is 0. The fraction of sp³-hybridized carbons (Fsp3) is 0.737. The zero-order valence-electron chi connectivity index (χ0n) is 31.1. The zero-order chi connectivity index (χ0) is 38.8. The maximum absolute atomic E-state index is 13.7. The Hall–Kier alpha value is -3.72. The first kappa shape index (κ1) is 47.3. The molecule has 0 aromatic rings. The van der Waals surface area contributed by atoms with Crippen LogP contribution in [0.3, 0.4) is 0 Å². The molecule has 0 aromatic carbocycles. The van der Waals surface area contributed by atoms with Gasteiger partial charge in [0.1, 0.15) is 19.8 Å². The molecule has 0 heterocycles. The highest BCUT2D eigenvalue weighted by Crippen LogP contribution is 2.30. The predicted molar refractivity (Wildman–Crippen MR) is 197 cm³/mol. The van der Waals surface area contributed by atoms with E-state index in [0.29, 0.717) is 65.3 Å². The van der Waals surface area contributed by atoms with Gasteiger partial charge in [0.15, 0.2) is 0 Å². The summed E-state index contributed by atoms with van der Waals surface area (Å²) in [5.74, 6) is 5.76. The van der Waals surface area contributed by atoms with Crippen LogP contribution in [0.15, 0.2) is 0 Å². The normalized spacial score (nSPS) is 15.4. The maximum Gasteiger partial charge on any atom is 0.223 e. The second kappa shape index (κ2) is 31.8. The Bertz CT molecular complexity index is 1040. The minimum atomic E-state index is -1.06. The number of carbonyl (C=O) groups is 4. The van der Waals surface area contributed by atoms with Crippen molar-refractivity contribution < 1.29 is 52.7 Å². The van der Waals surface area contributed by atoms with E-state index < -0.39 is 11.6 Å². The molecule has 5 N–H and O–H groups in total. The van der Waals surface area contributed by atoms with Crippen LogP contribution in [0.5, 0.6) is 0 Å². The largest absolute Gasteiger partial charge is 0.393 e. The Morgan fingerprint density at radius 1 is 0.547 bits per heavy atom. The molecule has 0 aliphatic heterocycles. The molecule has 53 heavy (non-hydrogen) atoms. The second-order valence-corrected chi connectivity index (χ2v) is 12.4. The van der Waals surface area contributed by atoms with Crippen molar-refractivity contribution in [1.82, 2.24) is 21.3 Å². The maximum atomic E-state index is 13.7. The van der Waals surface area contributed by atoms with Crippen LogP contribution in [0.4, 0.5) is 0 Å². The lowest BCUT2D eigenvalue weighted by molar-refractivity contribution is -0.131. The Labute approximate surface area is 315 Å².